The zero-order valence-electron chi connectivity index (χ0n) is 3.71. The summed E-state index contributed by atoms with van der Waals surface area (Å²) < 4.78 is 0. The smallest absolute Gasteiger partial charge is 0.358 e. The normalized spacial score (nSPS) is 3.60. The van der Waals surface area contributed by atoms with Gasteiger partial charge in [-0.05, 0) is 12.5 Å². The van der Waals surface area contributed by atoms with Gasteiger partial charge in [-0.2, -0.15) is 11.8 Å². The van der Waals surface area contributed by atoms with Gasteiger partial charge >= 0.3 is 17.1 Å². The van der Waals surface area contributed by atoms with Crippen molar-refractivity contribution >= 4 is 11.8 Å². The topological polar surface area (TPSA) is 0 Å². The Morgan fingerprint density at radius 3 is 1.20 bits per heavy atom. The van der Waals surface area contributed by atoms with Crippen molar-refractivity contribution in [2.45, 2.75) is 0 Å². The molecule has 0 amide bonds. The maximum Gasteiger partial charge on any atom is 1.00 e. The third-order valence-electron chi connectivity index (χ3n) is 0. The van der Waals surface area contributed by atoms with Crippen molar-refractivity contribution in [1.29, 1.82) is 0 Å². The van der Waals surface area contributed by atoms with Crippen molar-refractivity contribution in [2.24, 2.45) is 0 Å². The Bertz CT molecular complexity index is 6.85. The molecule has 0 bridgehead atoms. The minimum Gasteiger partial charge on any atom is -0.358 e. The molecule has 2 heteroatoms. The molecule has 0 radical (unpaired) electrons. The van der Waals surface area contributed by atoms with Crippen LogP contribution in [-0.2, 0) is 17.1 Å². The van der Waals surface area contributed by atoms with Gasteiger partial charge in [0.1, 0.15) is 0 Å². The summed E-state index contributed by atoms with van der Waals surface area (Å²) >= 11 is 1.75. The molecular weight excluding hydrogens is 132 g/mol. The van der Waals surface area contributed by atoms with Crippen LogP contribution in [-0.4, -0.2) is 12.5 Å². The molecule has 0 aromatic carbocycles. The van der Waals surface area contributed by atoms with E-state index in [0.717, 1.165) is 0 Å². The molecule has 0 aromatic rings. The predicted octanol–water partition coefficient (Wildman–Crippen LogP) is 1.43. The molecule has 0 fully saturated rings. The number of hydrogen-bond acceptors (Lipinski definition) is 1. The van der Waals surface area contributed by atoms with Crippen molar-refractivity contribution in [3.63, 3.8) is 0 Å². The minimum absolute atomic E-state index is 0. The van der Waals surface area contributed by atoms with Crippen LogP contribution >= 0.6 is 11.8 Å². The van der Waals surface area contributed by atoms with E-state index in [1.165, 1.54) is 0 Å². The van der Waals surface area contributed by atoms with Gasteiger partial charge in [0.15, 0.2) is 0 Å². The first-order valence-electron chi connectivity index (χ1n) is 0.816. The number of thioether (sulfide) groups is 1. The van der Waals surface area contributed by atoms with E-state index in [-0.39, 0.29) is 24.5 Å². The summed E-state index contributed by atoms with van der Waals surface area (Å²) in [6.07, 6.45) is 4.08. The molecule has 0 aliphatic heterocycles. The van der Waals surface area contributed by atoms with Crippen molar-refractivity contribution in [2.75, 3.05) is 12.5 Å². The van der Waals surface area contributed by atoms with Crippen molar-refractivity contribution in [3.05, 3.63) is 7.43 Å². The summed E-state index contributed by atoms with van der Waals surface area (Å²) in [7, 11) is 0. The van der Waals surface area contributed by atoms with Gasteiger partial charge in [0.25, 0.3) is 0 Å². The van der Waals surface area contributed by atoms with Crippen LogP contribution in [0.3, 0.4) is 0 Å². The quantitative estimate of drug-likeness (QED) is 0.363. The van der Waals surface area contributed by atoms with E-state index >= 15 is 0 Å². The van der Waals surface area contributed by atoms with Gasteiger partial charge in [-0.3, -0.25) is 0 Å². The van der Waals surface area contributed by atoms with Crippen LogP contribution in [0, 0.1) is 7.43 Å². The molecule has 5 heavy (non-hydrogen) atoms. The minimum atomic E-state index is 0. The van der Waals surface area contributed by atoms with Crippen molar-refractivity contribution in [1.82, 2.24) is 0 Å². The third kappa shape index (κ3) is 53.0. The average molecular weight is 141 g/mol. The summed E-state index contributed by atoms with van der Waals surface area (Å²) in [5, 5.41) is 0. The van der Waals surface area contributed by atoms with Crippen LogP contribution in [0.5, 0.6) is 0 Å². The van der Waals surface area contributed by atoms with Gasteiger partial charge in [0.05, 0.1) is 0 Å². The summed E-state index contributed by atoms with van der Waals surface area (Å²) in [5.41, 5.74) is 0. The van der Waals surface area contributed by atoms with Gasteiger partial charge in [-0.1, -0.05) is 0 Å². The van der Waals surface area contributed by atoms with Gasteiger partial charge in [-0.25, -0.2) is 0 Å². The van der Waals surface area contributed by atoms with Crippen molar-refractivity contribution in [3.8, 4) is 0 Å². The molecule has 0 heterocycles. The van der Waals surface area contributed by atoms with E-state index in [9.17, 15) is 0 Å². The first-order chi connectivity index (χ1) is 1.41. The van der Waals surface area contributed by atoms with Gasteiger partial charge in [0.2, 0.25) is 0 Å². The fourth-order valence-corrected chi connectivity index (χ4v) is 0. The molecule has 0 aromatic heterocycles. The molecule has 0 saturated heterocycles. The van der Waals surface area contributed by atoms with E-state index in [0.29, 0.717) is 0 Å². The van der Waals surface area contributed by atoms with Crippen molar-refractivity contribution < 1.29 is 17.1 Å². The Morgan fingerprint density at radius 2 is 1.20 bits per heavy atom. The first kappa shape index (κ1) is 16.9. The summed E-state index contributed by atoms with van der Waals surface area (Å²) in [5.74, 6) is 0. The van der Waals surface area contributed by atoms with Crippen LogP contribution in [0.2, 0.25) is 0 Å². The first-order valence-corrected chi connectivity index (χ1v) is 2.45. The fourth-order valence-electron chi connectivity index (χ4n) is 0. The second-order valence-electron chi connectivity index (χ2n) is 0.408. The van der Waals surface area contributed by atoms with Gasteiger partial charge in [-0.15, -0.1) is 0 Å². The predicted molar refractivity (Wildman–Crippen MR) is 25.9 cm³/mol. The zero-order chi connectivity index (χ0) is 2.71. The zero-order valence-corrected chi connectivity index (χ0v) is 5.47. The number of hydrogen-bond donors (Lipinski definition) is 0. The van der Waals surface area contributed by atoms with Crippen LogP contribution in [0.25, 0.3) is 0 Å². The second kappa shape index (κ2) is 20.9. The van der Waals surface area contributed by atoms with Crippen LogP contribution < -0.4 is 0 Å². The largest absolute Gasteiger partial charge is 1.00 e. The fraction of sp³-hybridized carbons (Fsp3) is 0.667. The Morgan fingerprint density at radius 1 is 1.20 bits per heavy atom. The third-order valence-corrected chi connectivity index (χ3v) is 0. The standard InChI is InChI=1S/C2H6S.CH3.Cu/c1-3-2;;/h1-2H3;1H3;/q;-1;+1. The maximum absolute atomic E-state index is 2.04. The Kier molecular flexibility index (Phi) is 70.5. The molecule has 0 saturated carbocycles. The second-order valence-corrected chi connectivity index (χ2v) is 1.22. The SMILES string of the molecule is CSC.[CH3-].[Cu+]. The summed E-state index contributed by atoms with van der Waals surface area (Å²) in [4.78, 5) is 0. The molecule has 0 rings (SSSR count). The Labute approximate surface area is 49.2 Å². The van der Waals surface area contributed by atoms with Crippen LogP contribution in [0.1, 0.15) is 0 Å². The molecule has 0 atom stereocenters. The van der Waals surface area contributed by atoms with E-state index < -0.39 is 0 Å². The maximum atomic E-state index is 2.04. The molecule has 38 valence electrons. The average Bonchev–Trinajstić information content (AvgIpc) is 0.918. The molecule has 0 nitrogen and oxygen atoms in total. The van der Waals surface area contributed by atoms with E-state index in [1.54, 1.807) is 11.8 Å². The van der Waals surface area contributed by atoms with Crippen LogP contribution in [0.15, 0.2) is 0 Å². The molecule has 0 spiro atoms. The van der Waals surface area contributed by atoms with Crippen LogP contribution in [0.4, 0.5) is 0 Å². The van der Waals surface area contributed by atoms with E-state index in [4.69, 9.17) is 0 Å². The molecular formula is C3H9CuS. The molecule has 0 N–H and O–H groups in total. The van der Waals surface area contributed by atoms with E-state index in [1.807, 2.05) is 12.5 Å². The Hall–Kier alpha value is 0.869. The van der Waals surface area contributed by atoms with Gasteiger partial charge in [0, 0.05) is 0 Å². The monoisotopic (exact) mass is 140 g/mol. The molecule has 0 aliphatic rings. The molecule has 0 aliphatic carbocycles. The summed E-state index contributed by atoms with van der Waals surface area (Å²) in [6.45, 7) is 0. The number of rotatable bonds is 0. The van der Waals surface area contributed by atoms with E-state index in [2.05, 4.69) is 0 Å². The van der Waals surface area contributed by atoms with Gasteiger partial charge < -0.3 is 7.43 Å². The molecule has 0 unspecified atom stereocenters. The Balaban J connectivity index is -0.0000000200. The summed E-state index contributed by atoms with van der Waals surface area (Å²) in [6, 6.07) is 0.